The molecule has 0 atom stereocenters. The summed E-state index contributed by atoms with van der Waals surface area (Å²) in [6.45, 7) is 1.43. The van der Waals surface area contributed by atoms with Crippen LogP contribution in [0.2, 0.25) is 0 Å². The number of methoxy groups -OCH3 is 1. The Balaban J connectivity index is 1.80. The first-order valence-electron chi connectivity index (χ1n) is 6.20. The number of aryl methyl sites for hydroxylation is 1. The fraction of sp³-hybridized carbons (Fsp3) is 0.357. The van der Waals surface area contributed by atoms with Gasteiger partial charge in [-0.25, -0.2) is 9.37 Å². The summed E-state index contributed by atoms with van der Waals surface area (Å²) in [5.74, 6) is 0.982. The van der Waals surface area contributed by atoms with Gasteiger partial charge in [0, 0.05) is 39.0 Å². The van der Waals surface area contributed by atoms with Crippen LogP contribution in [0.25, 0.3) is 0 Å². The monoisotopic (exact) mass is 263 g/mol. The van der Waals surface area contributed by atoms with Gasteiger partial charge < -0.3 is 14.6 Å². The summed E-state index contributed by atoms with van der Waals surface area (Å²) >= 11 is 0. The molecule has 0 unspecified atom stereocenters. The Morgan fingerprint density at radius 1 is 1.42 bits per heavy atom. The van der Waals surface area contributed by atoms with Crippen LogP contribution in [0, 0.1) is 5.82 Å². The van der Waals surface area contributed by atoms with Crippen molar-refractivity contribution in [3.05, 3.63) is 47.8 Å². The van der Waals surface area contributed by atoms with Crippen LogP contribution in [0.1, 0.15) is 11.4 Å². The van der Waals surface area contributed by atoms with Gasteiger partial charge in [-0.15, -0.1) is 0 Å². The summed E-state index contributed by atoms with van der Waals surface area (Å²) in [5.41, 5.74) is 0.901. The molecule has 1 heterocycles. The van der Waals surface area contributed by atoms with E-state index in [2.05, 4.69) is 10.3 Å². The van der Waals surface area contributed by atoms with E-state index < -0.39 is 0 Å². The smallest absolute Gasteiger partial charge is 0.165 e. The number of hydrogen-bond acceptors (Lipinski definition) is 3. The van der Waals surface area contributed by atoms with Crippen LogP contribution in [0.4, 0.5) is 4.39 Å². The van der Waals surface area contributed by atoms with Crippen molar-refractivity contribution in [3.8, 4) is 5.75 Å². The lowest BCUT2D eigenvalue weighted by molar-refractivity contribution is 0.386. The quantitative estimate of drug-likeness (QED) is 0.809. The molecule has 4 nitrogen and oxygen atoms in total. The Hall–Kier alpha value is -1.88. The molecule has 0 bridgehead atoms. The summed E-state index contributed by atoms with van der Waals surface area (Å²) in [7, 11) is 3.43. The maximum absolute atomic E-state index is 13.5. The lowest BCUT2D eigenvalue weighted by Crippen LogP contribution is -2.18. The van der Waals surface area contributed by atoms with Gasteiger partial charge in [0.05, 0.1) is 7.11 Å². The minimum Gasteiger partial charge on any atom is -0.494 e. The van der Waals surface area contributed by atoms with Crippen molar-refractivity contribution in [3.63, 3.8) is 0 Å². The summed E-state index contributed by atoms with van der Waals surface area (Å²) in [6, 6.07) is 4.99. The van der Waals surface area contributed by atoms with Gasteiger partial charge in [0.25, 0.3) is 0 Å². The molecule has 102 valence electrons. The van der Waals surface area contributed by atoms with Gasteiger partial charge in [-0.2, -0.15) is 0 Å². The molecule has 2 rings (SSSR count). The van der Waals surface area contributed by atoms with Gasteiger partial charge in [-0.3, -0.25) is 0 Å². The van der Waals surface area contributed by atoms with Crippen molar-refractivity contribution in [1.82, 2.24) is 14.9 Å². The van der Waals surface area contributed by atoms with Gasteiger partial charge in [0.15, 0.2) is 11.6 Å². The largest absolute Gasteiger partial charge is 0.494 e. The standard InChI is InChI=1S/C14H18FN3O/c1-18-8-7-17-14(18)5-6-16-10-11-3-4-13(19-2)12(15)9-11/h3-4,7-9,16H,5-6,10H2,1-2H3. The minimum absolute atomic E-state index is 0.275. The third-order valence-corrected chi connectivity index (χ3v) is 2.99. The highest BCUT2D eigenvalue weighted by Crippen LogP contribution is 2.17. The second kappa shape index (κ2) is 6.33. The molecule has 5 heteroatoms. The number of rotatable bonds is 6. The van der Waals surface area contributed by atoms with Crippen molar-refractivity contribution >= 4 is 0 Å². The fourth-order valence-corrected chi connectivity index (χ4v) is 1.89. The van der Waals surface area contributed by atoms with Gasteiger partial charge in [0.1, 0.15) is 5.82 Å². The van der Waals surface area contributed by atoms with Crippen molar-refractivity contribution in [2.45, 2.75) is 13.0 Å². The first-order valence-corrected chi connectivity index (χ1v) is 6.20. The highest BCUT2D eigenvalue weighted by molar-refractivity contribution is 5.29. The first-order chi connectivity index (χ1) is 9.20. The molecule has 0 spiro atoms. The van der Waals surface area contributed by atoms with E-state index in [1.54, 1.807) is 12.3 Å². The highest BCUT2D eigenvalue weighted by Gasteiger charge is 2.03. The maximum Gasteiger partial charge on any atom is 0.165 e. The second-order valence-electron chi connectivity index (χ2n) is 4.35. The zero-order valence-electron chi connectivity index (χ0n) is 11.2. The van der Waals surface area contributed by atoms with E-state index in [0.29, 0.717) is 6.54 Å². The highest BCUT2D eigenvalue weighted by atomic mass is 19.1. The lowest BCUT2D eigenvalue weighted by Gasteiger charge is -2.07. The minimum atomic E-state index is -0.328. The molecular weight excluding hydrogens is 245 g/mol. The number of aromatic nitrogens is 2. The normalized spacial score (nSPS) is 10.7. The van der Waals surface area contributed by atoms with E-state index in [1.807, 2.05) is 23.9 Å². The molecule has 19 heavy (non-hydrogen) atoms. The molecule has 0 aliphatic rings. The first kappa shape index (κ1) is 13.5. The molecular formula is C14H18FN3O. The number of nitrogens with one attached hydrogen (secondary N) is 1. The third-order valence-electron chi connectivity index (χ3n) is 2.99. The Morgan fingerprint density at radius 3 is 2.89 bits per heavy atom. The van der Waals surface area contributed by atoms with E-state index in [4.69, 9.17) is 4.74 Å². The average molecular weight is 263 g/mol. The molecule has 0 amide bonds. The van der Waals surface area contributed by atoms with Gasteiger partial charge in [-0.1, -0.05) is 6.07 Å². The third kappa shape index (κ3) is 3.54. The Labute approximate surface area is 112 Å². The van der Waals surface area contributed by atoms with Crippen LogP contribution in [0.15, 0.2) is 30.6 Å². The van der Waals surface area contributed by atoms with E-state index in [9.17, 15) is 4.39 Å². The van der Waals surface area contributed by atoms with Gasteiger partial charge >= 0.3 is 0 Å². The van der Waals surface area contributed by atoms with Gasteiger partial charge in [-0.05, 0) is 17.7 Å². The topological polar surface area (TPSA) is 39.1 Å². The number of ether oxygens (including phenoxy) is 1. The molecule has 0 saturated heterocycles. The zero-order chi connectivity index (χ0) is 13.7. The molecule has 0 fully saturated rings. The zero-order valence-corrected chi connectivity index (χ0v) is 11.2. The summed E-state index contributed by atoms with van der Waals surface area (Å²) in [5, 5.41) is 3.27. The number of imidazole rings is 1. The Morgan fingerprint density at radius 2 is 2.26 bits per heavy atom. The predicted octanol–water partition coefficient (Wildman–Crippen LogP) is 1.90. The second-order valence-corrected chi connectivity index (χ2v) is 4.35. The Kier molecular flexibility index (Phi) is 4.52. The summed E-state index contributed by atoms with van der Waals surface area (Å²) in [4.78, 5) is 4.24. The number of halogens is 1. The van der Waals surface area contributed by atoms with Crippen LogP contribution in [0.3, 0.4) is 0 Å². The van der Waals surface area contributed by atoms with Crippen LogP contribution < -0.4 is 10.1 Å². The molecule has 1 N–H and O–H groups in total. The van der Waals surface area contributed by atoms with Crippen molar-refractivity contribution < 1.29 is 9.13 Å². The summed E-state index contributed by atoms with van der Waals surface area (Å²) < 4.78 is 20.3. The van der Waals surface area contributed by atoms with E-state index in [-0.39, 0.29) is 11.6 Å². The van der Waals surface area contributed by atoms with Crippen molar-refractivity contribution in [2.24, 2.45) is 7.05 Å². The Bertz CT molecular complexity index is 539. The van der Waals surface area contributed by atoms with Crippen LogP contribution >= 0.6 is 0 Å². The van der Waals surface area contributed by atoms with E-state index >= 15 is 0 Å². The predicted molar refractivity (Wildman–Crippen MR) is 71.6 cm³/mol. The molecule has 1 aromatic carbocycles. The molecule has 0 saturated carbocycles. The van der Waals surface area contributed by atoms with E-state index in [0.717, 1.165) is 24.4 Å². The molecule has 0 aliphatic carbocycles. The molecule has 2 aromatic rings. The SMILES string of the molecule is COc1ccc(CNCCc2nccn2C)cc1F. The number of benzene rings is 1. The van der Waals surface area contributed by atoms with Crippen LogP contribution in [-0.2, 0) is 20.0 Å². The van der Waals surface area contributed by atoms with E-state index in [1.165, 1.54) is 13.2 Å². The average Bonchev–Trinajstić information content (AvgIpc) is 2.80. The molecule has 1 aromatic heterocycles. The van der Waals surface area contributed by atoms with Gasteiger partial charge in [0.2, 0.25) is 0 Å². The fourth-order valence-electron chi connectivity index (χ4n) is 1.89. The number of nitrogens with zero attached hydrogens (tertiary/aromatic N) is 2. The number of hydrogen-bond donors (Lipinski definition) is 1. The van der Waals surface area contributed by atoms with Crippen LogP contribution in [0.5, 0.6) is 5.75 Å². The molecule has 0 aliphatic heterocycles. The van der Waals surface area contributed by atoms with Crippen molar-refractivity contribution in [1.29, 1.82) is 0 Å². The van der Waals surface area contributed by atoms with Crippen molar-refractivity contribution in [2.75, 3.05) is 13.7 Å². The van der Waals surface area contributed by atoms with Crippen LogP contribution in [-0.4, -0.2) is 23.2 Å². The maximum atomic E-state index is 13.5. The molecule has 0 radical (unpaired) electrons. The lowest BCUT2D eigenvalue weighted by atomic mass is 10.2. The summed E-state index contributed by atoms with van der Waals surface area (Å²) in [6.07, 6.45) is 4.56.